The number of benzene rings is 3. The van der Waals surface area contributed by atoms with Gasteiger partial charge in [0.25, 0.3) is 0 Å². The molecule has 0 bridgehead atoms. The molecule has 3 aromatic carbocycles. The predicted octanol–water partition coefficient (Wildman–Crippen LogP) is 6.25. The van der Waals surface area contributed by atoms with Crippen LogP contribution in [0.4, 0.5) is 0 Å². The van der Waals surface area contributed by atoms with Gasteiger partial charge in [-0.3, -0.25) is 0 Å². The van der Waals surface area contributed by atoms with Gasteiger partial charge in [-0.2, -0.15) is 0 Å². The number of thiophene rings is 1. The molecule has 1 aromatic heterocycles. The molecule has 0 N–H and O–H groups in total. The van der Waals surface area contributed by atoms with Crippen LogP contribution in [0.5, 0.6) is 5.75 Å². The minimum absolute atomic E-state index is 0.243. The lowest BCUT2D eigenvalue weighted by atomic mass is 9.96. The van der Waals surface area contributed by atoms with Gasteiger partial charge in [-0.25, -0.2) is 4.79 Å². The summed E-state index contributed by atoms with van der Waals surface area (Å²) in [7, 11) is 0. The number of rotatable bonds is 4. The molecular weight excluding hydrogens is 380 g/mol. The minimum Gasteiger partial charge on any atom is -0.480 e. The fourth-order valence-electron chi connectivity index (χ4n) is 3.53. The molecule has 5 rings (SSSR count). The molecule has 2 heterocycles. The number of esters is 1. The third kappa shape index (κ3) is 3.43. The normalized spacial score (nSPS) is 14.4. The Hall–Kier alpha value is -3.37. The number of ether oxygens (including phenoxy) is 2. The number of hydrogen-bond donors (Lipinski definition) is 0. The molecule has 0 aliphatic carbocycles. The maximum Gasteiger partial charge on any atom is 0.348 e. The monoisotopic (exact) mass is 398 g/mol. The van der Waals surface area contributed by atoms with Gasteiger partial charge in [0.2, 0.25) is 0 Å². The van der Waals surface area contributed by atoms with Crippen LogP contribution in [0.25, 0.3) is 10.4 Å². The van der Waals surface area contributed by atoms with Crippen LogP contribution in [0, 0.1) is 0 Å². The van der Waals surface area contributed by atoms with Gasteiger partial charge < -0.3 is 9.47 Å². The first-order valence-electron chi connectivity index (χ1n) is 9.45. The van der Waals surface area contributed by atoms with Gasteiger partial charge in [-0.1, -0.05) is 72.8 Å². The van der Waals surface area contributed by atoms with Crippen molar-refractivity contribution >= 4 is 17.3 Å². The molecule has 0 radical (unpaired) electrons. The summed E-state index contributed by atoms with van der Waals surface area (Å²) in [6, 6.07) is 29.7. The molecule has 1 unspecified atom stereocenters. The van der Waals surface area contributed by atoms with Gasteiger partial charge in [0.1, 0.15) is 17.2 Å². The van der Waals surface area contributed by atoms with E-state index in [1.165, 1.54) is 11.3 Å². The smallest absolute Gasteiger partial charge is 0.348 e. The molecular formula is C25H18O3S. The molecule has 1 aliphatic rings. The number of carbonyl (C=O) groups is 1. The van der Waals surface area contributed by atoms with Gasteiger partial charge in [0, 0.05) is 16.0 Å². The molecule has 0 saturated heterocycles. The van der Waals surface area contributed by atoms with Crippen LogP contribution in [0.1, 0.15) is 32.5 Å². The Bertz CT molecular complexity index is 1150. The molecule has 142 valence electrons. The van der Waals surface area contributed by atoms with Gasteiger partial charge in [-0.15, -0.1) is 11.3 Å². The highest BCUT2D eigenvalue weighted by Crippen LogP contribution is 2.48. The lowest BCUT2D eigenvalue weighted by Crippen LogP contribution is -2.13. The highest BCUT2D eigenvalue weighted by molar-refractivity contribution is 7.17. The summed E-state index contributed by atoms with van der Waals surface area (Å²) in [6.45, 7) is 0.261. The molecule has 29 heavy (non-hydrogen) atoms. The second kappa shape index (κ2) is 7.57. The van der Waals surface area contributed by atoms with Crippen molar-refractivity contribution in [1.82, 2.24) is 0 Å². The fraction of sp³-hybridized carbons (Fsp3) is 0.0800. The van der Waals surface area contributed by atoms with E-state index in [1.807, 2.05) is 91.0 Å². The summed E-state index contributed by atoms with van der Waals surface area (Å²) in [5, 5.41) is 0. The number of fused-ring (bicyclic) bond motifs is 3. The van der Waals surface area contributed by atoms with E-state index in [1.54, 1.807) is 0 Å². The molecule has 0 saturated carbocycles. The quantitative estimate of drug-likeness (QED) is 0.381. The van der Waals surface area contributed by atoms with E-state index in [4.69, 9.17) is 9.47 Å². The third-order valence-electron chi connectivity index (χ3n) is 4.94. The molecule has 4 heteroatoms. The second-order valence-corrected chi connectivity index (χ2v) is 7.91. The highest BCUT2D eigenvalue weighted by atomic mass is 32.1. The Balaban J connectivity index is 1.49. The van der Waals surface area contributed by atoms with E-state index in [0.717, 1.165) is 32.9 Å². The highest BCUT2D eigenvalue weighted by Gasteiger charge is 2.31. The van der Waals surface area contributed by atoms with Crippen molar-refractivity contribution in [3.05, 3.63) is 113 Å². The van der Waals surface area contributed by atoms with Crippen LogP contribution in [0.15, 0.2) is 91.0 Å². The summed E-state index contributed by atoms with van der Waals surface area (Å²) in [5.74, 6) is 0.525. The number of hydrogen-bond acceptors (Lipinski definition) is 4. The maximum atomic E-state index is 12.7. The van der Waals surface area contributed by atoms with Crippen molar-refractivity contribution in [2.75, 3.05) is 0 Å². The first-order chi connectivity index (χ1) is 14.3. The molecule has 4 aromatic rings. The average Bonchev–Trinajstić information content (AvgIpc) is 3.24. The van der Waals surface area contributed by atoms with E-state index in [2.05, 4.69) is 0 Å². The Labute approximate surface area is 173 Å². The second-order valence-electron chi connectivity index (χ2n) is 6.86. The van der Waals surface area contributed by atoms with Crippen LogP contribution in [-0.4, -0.2) is 5.97 Å². The zero-order chi connectivity index (χ0) is 19.6. The fourth-order valence-corrected chi connectivity index (χ4v) is 4.64. The molecule has 1 aliphatic heterocycles. The Morgan fingerprint density at radius 2 is 1.59 bits per heavy atom. The first-order valence-corrected chi connectivity index (χ1v) is 10.3. The number of carbonyl (C=O) groups excluding carboxylic acids is 1. The van der Waals surface area contributed by atoms with Crippen LogP contribution < -0.4 is 4.74 Å². The van der Waals surface area contributed by atoms with Gasteiger partial charge in [-0.05, 0) is 29.3 Å². The SMILES string of the molecule is O=C(OCc1ccccc1)c1cc2c(s1)-c1ccccc1OC2c1ccccc1. The van der Waals surface area contributed by atoms with Crippen LogP contribution >= 0.6 is 11.3 Å². The minimum atomic E-state index is -0.308. The van der Waals surface area contributed by atoms with E-state index in [0.29, 0.717) is 4.88 Å². The van der Waals surface area contributed by atoms with Crippen molar-refractivity contribution < 1.29 is 14.3 Å². The van der Waals surface area contributed by atoms with Crippen molar-refractivity contribution in [3.63, 3.8) is 0 Å². The van der Waals surface area contributed by atoms with Gasteiger partial charge >= 0.3 is 5.97 Å². The van der Waals surface area contributed by atoms with Crippen LogP contribution in [-0.2, 0) is 11.3 Å². The summed E-state index contributed by atoms with van der Waals surface area (Å²) < 4.78 is 11.9. The lowest BCUT2D eigenvalue weighted by Gasteiger charge is -2.26. The van der Waals surface area contributed by atoms with Gasteiger partial charge in [0.15, 0.2) is 6.10 Å². The Morgan fingerprint density at radius 3 is 2.38 bits per heavy atom. The molecule has 0 spiro atoms. The zero-order valence-corrected chi connectivity index (χ0v) is 16.4. The van der Waals surface area contributed by atoms with Crippen molar-refractivity contribution in [1.29, 1.82) is 0 Å². The van der Waals surface area contributed by atoms with E-state index >= 15 is 0 Å². The molecule has 0 fully saturated rings. The number of para-hydroxylation sites is 1. The van der Waals surface area contributed by atoms with Gasteiger partial charge in [0.05, 0.1) is 0 Å². The maximum absolute atomic E-state index is 12.7. The van der Waals surface area contributed by atoms with Crippen molar-refractivity contribution in [2.45, 2.75) is 12.7 Å². The average molecular weight is 398 g/mol. The first kappa shape index (κ1) is 17.7. The molecule has 0 amide bonds. The zero-order valence-electron chi connectivity index (χ0n) is 15.6. The van der Waals surface area contributed by atoms with E-state index < -0.39 is 0 Å². The molecule has 1 atom stereocenters. The van der Waals surface area contributed by atoms with Crippen molar-refractivity contribution in [2.24, 2.45) is 0 Å². The summed E-state index contributed by atoms with van der Waals surface area (Å²) >= 11 is 1.47. The summed E-state index contributed by atoms with van der Waals surface area (Å²) in [6.07, 6.45) is -0.243. The van der Waals surface area contributed by atoms with Crippen molar-refractivity contribution in [3.8, 4) is 16.2 Å². The van der Waals surface area contributed by atoms with E-state index in [9.17, 15) is 4.79 Å². The van der Waals surface area contributed by atoms with E-state index in [-0.39, 0.29) is 18.7 Å². The Kier molecular flexibility index (Phi) is 4.62. The van der Waals surface area contributed by atoms with Crippen LogP contribution in [0.2, 0.25) is 0 Å². The summed E-state index contributed by atoms with van der Waals surface area (Å²) in [4.78, 5) is 14.4. The Morgan fingerprint density at radius 1 is 0.897 bits per heavy atom. The largest absolute Gasteiger partial charge is 0.480 e. The summed E-state index contributed by atoms with van der Waals surface area (Å²) in [5.41, 5.74) is 4.05. The van der Waals surface area contributed by atoms with Crippen LogP contribution in [0.3, 0.4) is 0 Å². The lowest BCUT2D eigenvalue weighted by molar-refractivity contribution is 0.0478. The standard InChI is InChI=1S/C25H18O3S/c26-25(27-16-17-9-3-1-4-10-17)22-15-20-23(18-11-5-2-6-12-18)28-21-14-8-7-13-19(21)24(20)29-22/h1-15,23H,16H2. The third-order valence-corrected chi connectivity index (χ3v) is 6.10. The topological polar surface area (TPSA) is 35.5 Å². The predicted molar refractivity (Wildman–Crippen MR) is 114 cm³/mol. The molecule has 3 nitrogen and oxygen atoms in total.